The second-order valence-electron chi connectivity index (χ2n) is 3.49. The minimum atomic E-state index is -0.448. The highest BCUT2D eigenvalue weighted by Gasteiger charge is 2.22. The molecule has 0 unspecified atom stereocenters. The van der Waals surface area contributed by atoms with Crippen LogP contribution in [0.3, 0.4) is 0 Å². The third-order valence-electron chi connectivity index (χ3n) is 2.43. The van der Waals surface area contributed by atoms with Crippen molar-refractivity contribution >= 4 is 23.1 Å². The molecule has 1 fully saturated rings. The van der Waals surface area contributed by atoms with Crippen molar-refractivity contribution < 1.29 is 4.92 Å². The summed E-state index contributed by atoms with van der Waals surface area (Å²) in [5.41, 5.74) is -0.0330. The summed E-state index contributed by atoms with van der Waals surface area (Å²) in [6.07, 6.45) is 1.44. The summed E-state index contributed by atoms with van der Waals surface area (Å²) in [6, 6.07) is 1.34. The number of hydrogen-bond acceptors (Lipinski definition) is 5. The lowest BCUT2D eigenvalue weighted by Gasteiger charge is -2.27. The second kappa shape index (κ2) is 4.63. The molecule has 0 amide bonds. The van der Waals surface area contributed by atoms with Crippen LogP contribution in [0.4, 0.5) is 11.5 Å². The predicted octanol–water partition coefficient (Wildman–Crippen LogP) is 1.05. The van der Waals surface area contributed by atoms with E-state index < -0.39 is 4.92 Å². The van der Waals surface area contributed by atoms with E-state index >= 15 is 0 Å². The van der Waals surface area contributed by atoms with Crippen LogP contribution in [-0.4, -0.2) is 36.1 Å². The summed E-state index contributed by atoms with van der Waals surface area (Å²) >= 11 is 5.70. The minimum absolute atomic E-state index is 0.0330. The molecule has 0 aliphatic carbocycles. The summed E-state index contributed by atoms with van der Waals surface area (Å²) in [4.78, 5) is 16.4. The van der Waals surface area contributed by atoms with Crippen LogP contribution in [0.1, 0.15) is 0 Å². The number of nitrogens with zero attached hydrogens (tertiary/aromatic N) is 3. The van der Waals surface area contributed by atoms with E-state index in [0.717, 1.165) is 26.2 Å². The van der Waals surface area contributed by atoms with Crippen LogP contribution in [0.2, 0.25) is 5.02 Å². The maximum absolute atomic E-state index is 10.9. The molecule has 6 nitrogen and oxygen atoms in total. The third kappa shape index (κ3) is 2.23. The molecule has 0 atom stereocenters. The molecule has 0 bridgehead atoms. The van der Waals surface area contributed by atoms with Gasteiger partial charge in [0.2, 0.25) is 5.82 Å². The van der Waals surface area contributed by atoms with E-state index in [0.29, 0.717) is 5.82 Å². The highest BCUT2D eigenvalue weighted by atomic mass is 35.5. The Kier molecular flexibility index (Phi) is 3.21. The monoisotopic (exact) mass is 242 g/mol. The van der Waals surface area contributed by atoms with Crippen molar-refractivity contribution in [3.63, 3.8) is 0 Å². The van der Waals surface area contributed by atoms with Crippen molar-refractivity contribution in [1.82, 2.24) is 10.3 Å². The third-order valence-corrected chi connectivity index (χ3v) is 2.63. The first kappa shape index (κ1) is 11.1. The van der Waals surface area contributed by atoms with E-state index in [4.69, 9.17) is 11.6 Å². The van der Waals surface area contributed by atoms with Gasteiger partial charge in [0.25, 0.3) is 0 Å². The molecule has 2 rings (SSSR count). The highest BCUT2D eigenvalue weighted by molar-refractivity contribution is 6.30. The first-order chi connectivity index (χ1) is 7.68. The van der Waals surface area contributed by atoms with Gasteiger partial charge in [-0.3, -0.25) is 10.1 Å². The van der Waals surface area contributed by atoms with E-state index in [-0.39, 0.29) is 10.7 Å². The van der Waals surface area contributed by atoms with Crippen LogP contribution in [0.5, 0.6) is 0 Å². The molecule has 1 aromatic rings. The van der Waals surface area contributed by atoms with Crippen LogP contribution in [-0.2, 0) is 0 Å². The highest BCUT2D eigenvalue weighted by Crippen LogP contribution is 2.28. The normalized spacial score (nSPS) is 16.2. The van der Waals surface area contributed by atoms with Crippen molar-refractivity contribution in [3.05, 3.63) is 27.4 Å². The van der Waals surface area contributed by atoms with Gasteiger partial charge in [-0.25, -0.2) is 4.98 Å². The number of piperazine rings is 1. The molecule has 1 saturated heterocycles. The Morgan fingerprint density at radius 2 is 2.19 bits per heavy atom. The fraction of sp³-hybridized carbons (Fsp3) is 0.444. The molecule has 0 saturated carbocycles. The van der Waals surface area contributed by atoms with Crippen molar-refractivity contribution in [2.75, 3.05) is 31.1 Å². The van der Waals surface area contributed by atoms with Crippen LogP contribution in [0.15, 0.2) is 12.3 Å². The van der Waals surface area contributed by atoms with Crippen molar-refractivity contribution in [2.45, 2.75) is 0 Å². The fourth-order valence-corrected chi connectivity index (χ4v) is 1.83. The number of aromatic nitrogens is 1. The van der Waals surface area contributed by atoms with Gasteiger partial charge in [-0.05, 0) is 0 Å². The summed E-state index contributed by atoms with van der Waals surface area (Å²) in [5, 5.41) is 14.3. The standard InChI is InChI=1S/C9H11ClN4O2/c10-7-5-8(14(15)16)9(12-6-7)13-3-1-11-2-4-13/h5-6,11H,1-4H2. The van der Waals surface area contributed by atoms with Crippen molar-refractivity contribution in [2.24, 2.45) is 0 Å². The quantitative estimate of drug-likeness (QED) is 0.620. The molecule has 1 N–H and O–H groups in total. The minimum Gasteiger partial charge on any atom is -0.348 e. The van der Waals surface area contributed by atoms with Gasteiger partial charge >= 0.3 is 5.69 Å². The Labute approximate surface area is 97.4 Å². The van der Waals surface area contributed by atoms with Crippen LogP contribution in [0.25, 0.3) is 0 Å². The predicted molar refractivity (Wildman–Crippen MR) is 61.0 cm³/mol. The second-order valence-corrected chi connectivity index (χ2v) is 3.93. The molecule has 1 aliphatic rings. The summed E-state index contributed by atoms with van der Waals surface area (Å²) < 4.78 is 0. The number of halogens is 1. The number of anilines is 1. The lowest BCUT2D eigenvalue weighted by molar-refractivity contribution is -0.384. The number of rotatable bonds is 2. The van der Waals surface area contributed by atoms with E-state index in [1.165, 1.54) is 12.3 Å². The van der Waals surface area contributed by atoms with Crippen LogP contribution in [0, 0.1) is 10.1 Å². The average molecular weight is 243 g/mol. The van der Waals surface area contributed by atoms with Gasteiger partial charge in [0.05, 0.1) is 9.95 Å². The molecule has 7 heteroatoms. The van der Waals surface area contributed by atoms with Gasteiger partial charge in [-0.2, -0.15) is 0 Å². The Bertz CT molecular complexity index is 406. The zero-order chi connectivity index (χ0) is 11.5. The van der Waals surface area contributed by atoms with Gasteiger partial charge in [-0.1, -0.05) is 11.6 Å². The maximum Gasteiger partial charge on any atom is 0.313 e. The van der Waals surface area contributed by atoms with Gasteiger partial charge in [0, 0.05) is 38.4 Å². The number of nitro groups is 1. The lowest BCUT2D eigenvalue weighted by atomic mass is 10.3. The molecule has 2 heterocycles. The van der Waals surface area contributed by atoms with Gasteiger partial charge in [0.15, 0.2) is 0 Å². The lowest BCUT2D eigenvalue weighted by Crippen LogP contribution is -2.44. The Morgan fingerprint density at radius 3 is 2.81 bits per heavy atom. The Morgan fingerprint density at radius 1 is 1.50 bits per heavy atom. The summed E-state index contributed by atoms with van der Waals surface area (Å²) in [5.74, 6) is 0.399. The molecule has 0 radical (unpaired) electrons. The molecule has 1 aliphatic heterocycles. The summed E-state index contributed by atoms with van der Waals surface area (Å²) in [6.45, 7) is 3.05. The SMILES string of the molecule is O=[N+]([O-])c1cc(Cl)cnc1N1CCNCC1. The maximum atomic E-state index is 10.9. The van der Waals surface area contributed by atoms with E-state index in [9.17, 15) is 10.1 Å². The number of hydrogen-bond donors (Lipinski definition) is 1. The zero-order valence-corrected chi connectivity index (χ0v) is 9.28. The fourth-order valence-electron chi connectivity index (χ4n) is 1.68. The topological polar surface area (TPSA) is 71.3 Å². The molecule has 86 valence electrons. The Balaban J connectivity index is 2.34. The average Bonchev–Trinajstić information content (AvgIpc) is 2.30. The van der Waals surface area contributed by atoms with E-state index in [2.05, 4.69) is 10.3 Å². The first-order valence-corrected chi connectivity index (χ1v) is 5.32. The smallest absolute Gasteiger partial charge is 0.313 e. The molecule has 0 aromatic carbocycles. The van der Waals surface area contributed by atoms with E-state index in [1.807, 2.05) is 4.90 Å². The van der Waals surface area contributed by atoms with Gasteiger partial charge < -0.3 is 10.2 Å². The first-order valence-electron chi connectivity index (χ1n) is 4.94. The molecular formula is C9H11ClN4O2. The summed E-state index contributed by atoms with van der Waals surface area (Å²) in [7, 11) is 0. The van der Waals surface area contributed by atoms with Crippen LogP contribution < -0.4 is 10.2 Å². The van der Waals surface area contributed by atoms with E-state index in [1.54, 1.807) is 0 Å². The van der Waals surface area contributed by atoms with Crippen LogP contribution >= 0.6 is 11.6 Å². The van der Waals surface area contributed by atoms with Gasteiger partial charge in [0.1, 0.15) is 0 Å². The molecule has 16 heavy (non-hydrogen) atoms. The molecule has 0 spiro atoms. The zero-order valence-electron chi connectivity index (χ0n) is 8.52. The number of pyridine rings is 1. The molecular weight excluding hydrogens is 232 g/mol. The molecule has 1 aromatic heterocycles. The van der Waals surface area contributed by atoms with Gasteiger partial charge in [-0.15, -0.1) is 0 Å². The van der Waals surface area contributed by atoms with Crippen molar-refractivity contribution in [3.8, 4) is 0 Å². The van der Waals surface area contributed by atoms with Crippen molar-refractivity contribution in [1.29, 1.82) is 0 Å². The largest absolute Gasteiger partial charge is 0.348 e. The Hall–Kier alpha value is -1.40. The number of nitrogens with one attached hydrogen (secondary N) is 1.